The van der Waals surface area contributed by atoms with Crippen molar-refractivity contribution in [2.75, 3.05) is 14.2 Å². The van der Waals surface area contributed by atoms with E-state index in [0.717, 1.165) is 66.0 Å². The number of aromatic nitrogens is 1. The van der Waals surface area contributed by atoms with Crippen LogP contribution >= 0.6 is 7.92 Å². The summed E-state index contributed by atoms with van der Waals surface area (Å²) >= 11 is 0. The molecule has 4 nitrogen and oxygen atoms in total. The summed E-state index contributed by atoms with van der Waals surface area (Å²) in [7, 11) is 2.15. The molecule has 0 spiro atoms. The lowest BCUT2D eigenvalue weighted by molar-refractivity contribution is 0.417. The van der Waals surface area contributed by atoms with Crippen molar-refractivity contribution in [1.82, 2.24) is 4.57 Å². The number of methoxy groups -OCH3 is 2. The molecule has 6 rings (SSSR count). The standard InChI is InChI=1S/C34H30NO3P/c1-22-12-9-19-29(37-3)33(22)39(34-23(2)13-10-20-30(34)38-4)31-21-11-18-28(32(31)36)35-26-16-7-5-14-24(26)25-15-6-8-17-27(25)35/h5-21,36H,1-4H3. The quantitative estimate of drug-likeness (QED) is 0.238. The Morgan fingerprint density at radius 3 is 1.59 bits per heavy atom. The third-order valence-corrected chi connectivity index (χ3v) is 10.2. The van der Waals surface area contributed by atoms with E-state index in [1.807, 2.05) is 54.6 Å². The fraction of sp³-hybridized carbons (Fsp3) is 0.118. The normalized spacial score (nSPS) is 11.4. The smallest absolute Gasteiger partial charge is 0.147 e. The van der Waals surface area contributed by atoms with Crippen LogP contribution in [0.3, 0.4) is 0 Å². The highest BCUT2D eigenvalue weighted by molar-refractivity contribution is 7.80. The van der Waals surface area contributed by atoms with Crippen molar-refractivity contribution in [2.24, 2.45) is 0 Å². The Morgan fingerprint density at radius 1 is 0.590 bits per heavy atom. The van der Waals surface area contributed by atoms with Gasteiger partial charge in [0.05, 0.1) is 30.9 Å². The summed E-state index contributed by atoms with van der Waals surface area (Å²) < 4.78 is 14.0. The Bertz CT molecular complexity index is 1730. The number of para-hydroxylation sites is 3. The summed E-state index contributed by atoms with van der Waals surface area (Å²) in [5.41, 5.74) is 5.06. The van der Waals surface area contributed by atoms with Gasteiger partial charge in [-0.25, -0.2) is 0 Å². The third kappa shape index (κ3) is 4.04. The molecular weight excluding hydrogens is 501 g/mol. The number of aromatic hydroxyl groups is 1. The van der Waals surface area contributed by atoms with Crippen LogP contribution in [0, 0.1) is 13.8 Å². The van der Waals surface area contributed by atoms with Gasteiger partial charge in [0.1, 0.15) is 17.2 Å². The molecule has 6 aromatic rings. The number of aryl methyl sites for hydroxylation is 2. The minimum Gasteiger partial charge on any atom is -0.505 e. The fourth-order valence-corrected chi connectivity index (χ4v) is 8.48. The van der Waals surface area contributed by atoms with Crippen molar-refractivity contribution < 1.29 is 14.6 Å². The van der Waals surface area contributed by atoms with Gasteiger partial charge >= 0.3 is 0 Å². The maximum atomic E-state index is 12.2. The monoisotopic (exact) mass is 531 g/mol. The molecule has 5 heteroatoms. The van der Waals surface area contributed by atoms with E-state index >= 15 is 0 Å². The van der Waals surface area contributed by atoms with Gasteiger partial charge in [-0.1, -0.05) is 66.7 Å². The molecule has 0 aliphatic heterocycles. The average Bonchev–Trinajstić information content (AvgIpc) is 3.29. The highest BCUT2D eigenvalue weighted by Gasteiger charge is 2.30. The molecule has 194 valence electrons. The molecule has 0 amide bonds. The van der Waals surface area contributed by atoms with Crippen LogP contribution in [0.2, 0.25) is 0 Å². The molecule has 1 aromatic heterocycles. The van der Waals surface area contributed by atoms with E-state index in [2.05, 4.69) is 66.9 Å². The lowest BCUT2D eigenvalue weighted by atomic mass is 10.2. The summed E-state index contributed by atoms with van der Waals surface area (Å²) in [6.45, 7) is 4.21. The second-order valence-corrected chi connectivity index (χ2v) is 11.6. The van der Waals surface area contributed by atoms with E-state index in [0.29, 0.717) is 0 Å². The Labute approximate surface area is 229 Å². The Kier molecular flexibility index (Phi) is 6.50. The maximum absolute atomic E-state index is 12.2. The molecule has 1 N–H and O–H groups in total. The van der Waals surface area contributed by atoms with Crippen molar-refractivity contribution in [3.05, 3.63) is 114 Å². The van der Waals surface area contributed by atoms with E-state index in [9.17, 15) is 5.11 Å². The predicted octanol–water partition coefficient (Wildman–Crippen LogP) is 6.88. The lowest BCUT2D eigenvalue weighted by Crippen LogP contribution is -2.27. The second kappa shape index (κ2) is 10.1. The van der Waals surface area contributed by atoms with Crippen molar-refractivity contribution in [3.8, 4) is 22.9 Å². The summed E-state index contributed by atoms with van der Waals surface area (Å²) in [6, 6.07) is 35.0. The minimum atomic E-state index is -1.25. The van der Waals surface area contributed by atoms with Crippen LogP contribution in [-0.4, -0.2) is 23.9 Å². The molecule has 1 heterocycles. The van der Waals surface area contributed by atoms with Crippen LogP contribution in [0.1, 0.15) is 11.1 Å². The van der Waals surface area contributed by atoms with Gasteiger partial charge in [-0.05, 0) is 69.3 Å². The number of phenolic OH excluding ortho intramolecular Hbond substituents is 1. The third-order valence-electron chi connectivity index (χ3n) is 7.34. The van der Waals surface area contributed by atoms with Gasteiger partial charge < -0.3 is 19.1 Å². The maximum Gasteiger partial charge on any atom is 0.147 e. The number of hydrogen-bond donors (Lipinski definition) is 1. The first-order chi connectivity index (χ1) is 19.0. The summed E-state index contributed by atoms with van der Waals surface area (Å²) in [4.78, 5) is 0. The molecule has 0 aliphatic rings. The van der Waals surface area contributed by atoms with E-state index < -0.39 is 7.92 Å². The number of fused-ring (bicyclic) bond motifs is 3. The number of ether oxygens (including phenoxy) is 2. The molecule has 0 bridgehead atoms. The largest absolute Gasteiger partial charge is 0.505 e. The van der Waals surface area contributed by atoms with E-state index in [-0.39, 0.29) is 5.75 Å². The van der Waals surface area contributed by atoms with E-state index in [1.54, 1.807) is 14.2 Å². The fourth-order valence-electron chi connectivity index (χ4n) is 5.58. The molecule has 0 aliphatic carbocycles. The van der Waals surface area contributed by atoms with Crippen LogP contribution in [0.25, 0.3) is 27.5 Å². The minimum absolute atomic E-state index is 0.255. The van der Waals surface area contributed by atoms with Gasteiger partial charge in [0, 0.05) is 26.7 Å². The zero-order valence-corrected chi connectivity index (χ0v) is 23.4. The van der Waals surface area contributed by atoms with Crippen molar-refractivity contribution in [2.45, 2.75) is 13.8 Å². The van der Waals surface area contributed by atoms with Crippen LogP contribution in [0.5, 0.6) is 17.2 Å². The van der Waals surface area contributed by atoms with Crippen molar-refractivity contribution in [1.29, 1.82) is 0 Å². The van der Waals surface area contributed by atoms with Crippen LogP contribution < -0.4 is 25.4 Å². The van der Waals surface area contributed by atoms with Gasteiger partial charge in [-0.3, -0.25) is 0 Å². The van der Waals surface area contributed by atoms with E-state index in [1.165, 1.54) is 0 Å². The summed E-state index contributed by atoms with van der Waals surface area (Å²) in [5.74, 6) is 1.85. The Hall–Kier alpha value is -4.27. The summed E-state index contributed by atoms with van der Waals surface area (Å²) in [5, 5.41) is 17.5. The second-order valence-electron chi connectivity index (χ2n) is 9.60. The molecular formula is C34H30NO3P. The van der Waals surface area contributed by atoms with Gasteiger partial charge in [0.15, 0.2) is 0 Å². The number of hydrogen-bond acceptors (Lipinski definition) is 3. The molecule has 0 saturated carbocycles. The van der Waals surface area contributed by atoms with Gasteiger partial charge in [-0.15, -0.1) is 0 Å². The SMILES string of the molecule is COc1cccc(C)c1P(c1cccc(-n2c3ccccc3c3ccccc32)c1O)c1c(C)cccc1OC. The highest BCUT2D eigenvalue weighted by atomic mass is 31.1. The van der Waals surface area contributed by atoms with Gasteiger partial charge in [0.2, 0.25) is 0 Å². The number of nitrogens with zero attached hydrogens (tertiary/aromatic N) is 1. The van der Waals surface area contributed by atoms with Crippen LogP contribution in [0.4, 0.5) is 0 Å². The van der Waals surface area contributed by atoms with Crippen molar-refractivity contribution >= 4 is 45.6 Å². The van der Waals surface area contributed by atoms with Crippen LogP contribution in [-0.2, 0) is 0 Å². The first-order valence-corrected chi connectivity index (χ1v) is 14.3. The number of phenols is 1. The molecule has 0 fully saturated rings. The zero-order chi connectivity index (χ0) is 27.1. The average molecular weight is 532 g/mol. The lowest BCUT2D eigenvalue weighted by Gasteiger charge is -2.27. The van der Waals surface area contributed by atoms with Crippen LogP contribution in [0.15, 0.2) is 103 Å². The zero-order valence-electron chi connectivity index (χ0n) is 22.5. The van der Waals surface area contributed by atoms with Gasteiger partial charge in [0.25, 0.3) is 0 Å². The summed E-state index contributed by atoms with van der Waals surface area (Å²) in [6.07, 6.45) is 0. The molecule has 0 radical (unpaired) electrons. The number of rotatable bonds is 6. The number of benzene rings is 5. The topological polar surface area (TPSA) is 43.6 Å². The molecule has 0 unspecified atom stereocenters. The molecule has 39 heavy (non-hydrogen) atoms. The first kappa shape index (κ1) is 25.0. The predicted molar refractivity (Wildman–Crippen MR) is 164 cm³/mol. The molecule has 5 aromatic carbocycles. The van der Waals surface area contributed by atoms with E-state index in [4.69, 9.17) is 9.47 Å². The first-order valence-electron chi connectivity index (χ1n) is 12.9. The Morgan fingerprint density at radius 2 is 1.08 bits per heavy atom. The molecule has 0 atom stereocenters. The van der Waals surface area contributed by atoms with Gasteiger partial charge in [-0.2, -0.15) is 0 Å². The highest BCUT2D eigenvalue weighted by Crippen LogP contribution is 2.46. The molecule has 0 saturated heterocycles. The van der Waals surface area contributed by atoms with Crippen molar-refractivity contribution in [3.63, 3.8) is 0 Å². The Balaban J connectivity index is 1.70.